The number of carbonyl (C=O) groups excluding carboxylic acids is 3. The first-order valence-electron chi connectivity index (χ1n) is 17.4. The molecule has 0 bridgehead atoms. The molecule has 2 aliphatic heterocycles. The van der Waals surface area contributed by atoms with Crippen LogP contribution in [0.4, 0.5) is 0 Å². The molecule has 1 unspecified atom stereocenters. The number of aromatic nitrogens is 5. The van der Waals surface area contributed by atoms with E-state index in [0.717, 1.165) is 48.7 Å². The molecule has 2 N–H and O–H groups in total. The van der Waals surface area contributed by atoms with Crippen molar-refractivity contribution < 1.29 is 14.4 Å². The Morgan fingerprint density at radius 3 is 2.64 bits per heavy atom. The second-order valence-corrected chi connectivity index (χ2v) is 14.2. The Bertz CT molecular complexity index is 2420. The second-order valence-electron chi connectivity index (χ2n) is 12.8. The van der Waals surface area contributed by atoms with Crippen LogP contribution in [0.15, 0.2) is 54.9 Å². The van der Waals surface area contributed by atoms with Crippen molar-refractivity contribution >= 4 is 46.4 Å². The number of thiophene rings is 1. The number of carbonyl (C=O) groups is 3. The fourth-order valence-corrected chi connectivity index (χ4v) is 7.95. The molecule has 1 fully saturated rings. The first kappa shape index (κ1) is 35.6. The van der Waals surface area contributed by atoms with Crippen LogP contribution in [0.5, 0.6) is 0 Å². The van der Waals surface area contributed by atoms with E-state index in [2.05, 4.69) is 44.3 Å². The number of fused-ring (bicyclic) bond motifs is 1. The molecule has 2 aliphatic rings. The molecule has 2 aromatic carbocycles. The third-order valence-corrected chi connectivity index (χ3v) is 10.7. The van der Waals surface area contributed by atoms with Crippen molar-refractivity contribution in [2.45, 2.75) is 65.5 Å². The van der Waals surface area contributed by atoms with Gasteiger partial charge in [0, 0.05) is 53.8 Å². The zero-order chi connectivity index (χ0) is 37.2. The molecule has 13 heteroatoms. The maximum Gasteiger partial charge on any atom is 0.263 e. The fraction of sp³-hybridized carbons (Fsp3) is 0.275. The van der Waals surface area contributed by atoms with Crippen LogP contribution in [0, 0.1) is 42.9 Å². The molecule has 11 nitrogen and oxygen atoms in total. The predicted molar refractivity (Wildman–Crippen MR) is 203 cm³/mol. The molecule has 1 atom stereocenters. The summed E-state index contributed by atoms with van der Waals surface area (Å²) < 4.78 is 3.84. The summed E-state index contributed by atoms with van der Waals surface area (Å²) in [5.41, 5.74) is 4.60. The van der Waals surface area contributed by atoms with Gasteiger partial charge >= 0.3 is 0 Å². The summed E-state index contributed by atoms with van der Waals surface area (Å²) in [6.07, 6.45) is 6.72. The minimum Gasteiger partial charge on any atom is -0.354 e. The zero-order valence-electron chi connectivity index (χ0n) is 29.4. The van der Waals surface area contributed by atoms with E-state index in [1.165, 1.54) is 11.3 Å². The molecule has 266 valence electrons. The molecular weight excluding hydrogens is 708 g/mol. The van der Waals surface area contributed by atoms with Gasteiger partial charge in [-0.25, -0.2) is 0 Å². The van der Waals surface area contributed by atoms with Crippen molar-refractivity contribution in [3.63, 3.8) is 0 Å². The summed E-state index contributed by atoms with van der Waals surface area (Å²) in [6.45, 7) is 7.09. The Balaban J connectivity index is 1.05. The number of nitrogens with zero attached hydrogens (tertiary/aromatic N) is 6. The Labute approximate surface area is 315 Å². The van der Waals surface area contributed by atoms with E-state index in [9.17, 15) is 19.8 Å². The van der Waals surface area contributed by atoms with E-state index in [-0.39, 0.29) is 17.0 Å². The summed E-state index contributed by atoms with van der Waals surface area (Å²) in [5.74, 6) is 13.1. The van der Waals surface area contributed by atoms with Gasteiger partial charge in [0.05, 0.1) is 33.5 Å². The van der Waals surface area contributed by atoms with Crippen molar-refractivity contribution in [3.8, 4) is 28.7 Å². The maximum atomic E-state index is 13.3. The average Bonchev–Trinajstić information content (AvgIpc) is 3.91. The first-order chi connectivity index (χ1) is 25.7. The number of hydrogen-bond acceptors (Lipinski definition) is 8. The van der Waals surface area contributed by atoms with Crippen molar-refractivity contribution in [2.75, 3.05) is 6.54 Å². The average molecular weight is 743 g/mol. The van der Waals surface area contributed by atoms with Crippen molar-refractivity contribution in [2.24, 2.45) is 0 Å². The summed E-state index contributed by atoms with van der Waals surface area (Å²) in [6, 6.07) is 11.5. The SMILES string of the molecule is CCc1nnc(C)n1-c1sc(C#Cc2cnn(CCCC#Cc3cccc4c3C(=O)N(C3CCCNC3=O)C4=O)c2)c(C)c1C(=N)c1ccc(Cl)cc1. The lowest BCUT2D eigenvalue weighted by molar-refractivity contribution is -0.126. The second kappa shape index (κ2) is 15.0. The Hall–Kier alpha value is -5.82. The lowest BCUT2D eigenvalue weighted by atomic mass is 10.00. The highest BCUT2D eigenvalue weighted by atomic mass is 35.5. The van der Waals surface area contributed by atoms with Crippen LogP contribution in [0.25, 0.3) is 5.00 Å². The number of nitrogens with one attached hydrogen (secondary N) is 2. The minimum atomic E-state index is -0.794. The fourth-order valence-electron chi connectivity index (χ4n) is 6.59. The van der Waals surface area contributed by atoms with Gasteiger partial charge in [-0.05, 0) is 62.9 Å². The molecule has 0 radical (unpaired) electrons. The molecule has 0 aliphatic carbocycles. The normalized spacial score (nSPS) is 15.1. The van der Waals surface area contributed by atoms with Crippen LogP contribution >= 0.6 is 22.9 Å². The van der Waals surface area contributed by atoms with Crippen LogP contribution in [-0.2, 0) is 17.8 Å². The van der Waals surface area contributed by atoms with E-state index in [0.29, 0.717) is 61.5 Å². The molecule has 1 saturated heterocycles. The molecular formula is C40H35ClN8O3S. The number of benzene rings is 2. The quantitative estimate of drug-likeness (QED) is 0.0882. The van der Waals surface area contributed by atoms with Gasteiger partial charge in [0.15, 0.2) is 0 Å². The first-order valence-corrected chi connectivity index (χ1v) is 18.6. The van der Waals surface area contributed by atoms with Gasteiger partial charge < -0.3 is 5.32 Å². The highest BCUT2D eigenvalue weighted by Gasteiger charge is 2.44. The monoisotopic (exact) mass is 742 g/mol. The number of rotatable bonds is 8. The minimum absolute atomic E-state index is 0.267. The molecule has 0 saturated carbocycles. The van der Waals surface area contributed by atoms with E-state index in [4.69, 9.17) is 11.6 Å². The molecule has 0 spiro atoms. The maximum absolute atomic E-state index is 13.3. The van der Waals surface area contributed by atoms with E-state index in [1.54, 1.807) is 36.5 Å². The lowest BCUT2D eigenvalue weighted by Crippen LogP contribution is -2.52. The number of amides is 3. The van der Waals surface area contributed by atoms with Crippen molar-refractivity contribution in [3.05, 3.63) is 115 Å². The van der Waals surface area contributed by atoms with Crippen LogP contribution < -0.4 is 5.32 Å². The molecule has 5 heterocycles. The van der Waals surface area contributed by atoms with Gasteiger partial charge in [0.2, 0.25) is 5.91 Å². The molecule has 3 aromatic heterocycles. The number of aryl methyl sites for hydroxylation is 3. The molecule has 5 aromatic rings. The number of unbranched alkanes of at least 4 members (excludes halogenated alkanes) is 1. The van der Waals surface area contributed by atoms with Gasteiger partial charge in [0.25, 0.3) is 11.8 Å². The third-order valence-electron chi connectivity index (χ3n) is 9.30. The van der Waals surface area contributed by atoms with E-state index < -0.39 is 17.9 Å². The van der Waals surface area contributed by atoms with Gasteiger partial charge in [-0.1, -0.05) is 60.4 Å². The molecule has 3 amide bonds. The predicted octanol–water partition coefficient (Wildman–Crippen LogP) is 5.88. The van der Waals surface area contributed by atoms with Crippen LogP contribution in [0.3, 0.4) is 0 Å². The Kier molecular flexibility index (Phi) is 10.1. The van der Waals surface area contributed by atoms with E-state index in [1.807, 2.05) is 48.3 Å². The summed E-state index contributed by atoms with van der Waals surface area (Å²) >= 11 is 7.65. The van der Waals surface area contributed by atoms with Gasteiger partial charge in [-0.3, -0.25) is 33.9 Å². The topological polar surface area (TPSA) is 139 Å². The third kappa shape index (κ3) is 6.91. The van der Waals surface area contributed by atoms with E-state index >= 15 is 0 Å². The number of hydrogen-bond donors (Lipinski definition) is 2. The number of piperidine rings is 1. The molecule has 53 heavy (non-hydrogen) atoms. The Morgan fingerprint density at radius 2 is 1.87 bits per heavy atom. The van der Waals surface area contributed by atoms with Crippen molar-refractivity contribution in [1.82, 2.24) is 34.8 Å². The zero-order valence-corrected chi connectivity index (χ0v) is 31.0. The highest BCUT2D eigenvalue weighted by Crippen LogP contribution is 2.35. The summed E-state index contributed by atoms with van der Waals surface area (Å²) in [7, 11) is 0. The van der Waals surface area contributed by atoms with Gasteiger partial charge in [-0.15, -0.1) is 21.5 Å². The Morgan fingerprint density at radius 1 is 1.06 bits per heavy atom. The van der Waals surface area contributed by atoms with Crippen LogP contribution in [0.2, 0.25) is 5.02 Å². The lowest BCUT2D eigenvalue weighted by Gasteiger charge is -2.28. The van der Waals surface area contributed by atoms with Crippen LogP contribution in [0.1, 0.15) is 97.7 Å². The largest absolute Gasteiger partial charge is 0.354 e. The van der Waals surface area contributed by atoms with Gasteiger partial charge in [0.1, 0.15) is 22.7 Å². The molecule has 7 rings (SSSR count). The highest BCUT2D eigenvalue weighted by molar-refractivity contribution is 7.15. The smallest absolute Gasteiger partial charge is 0.263 e. The standard InChI is InChI=1S/C40H35ClN8O3S/c1-4-33-46-45-25(3)48(33)40-34(36(42)28-15-17-29(41)18-16-28)24(2)32(53-40)19-14-26-22-44-47(23-26)21-7-5-6-10-27-11-8-12-30-35(27)39(52)49(38(30)51)31-13-9-20-43-37(31)50/h8,11-12,15-18,22-23,31,42H,4-5,7,9,13,20-21H2,1-3H3,(H,43,50). The number of imide groups is 1. The summed E-state index contributed by atoms with van der Waals surface area (Å²) in [5, 5.41) is 26.6. The number of halogens is 1. The van der Waals surface area contributed by atoms with Crippen molar-refractivity contribution in [1.29, 1.82) is 5.41 Å². The summed E-state index contributed by atoms with van der Waals surface area (Å²) in [4.78, 5) is 40.8. The van der Waals surface area contributed by atoms with Gasteiger partial charge in [-0.2, -0.15) is 5.10 Å². The van der Waals surface area contributed by atoms with Crippen LogP contribution in [-0.4, -0.2) is 65.5 Å².